The van der Waals surface area contributed by atoms with Crippen molar-refractivity contribution in [3.8, 4) is 5.75 Å². The van der Waals surface area contributed by atoms with Gasteiger partial charge in [0, 0.05) is 12.6 Å². The van der Waals surface area contributed by atoms with E-state index >= 15 is 0 Å². The number of hydrazine groups is 1. The van der Waals surface area contributed by atoms with E-state index in [0.717, 1.165) is 12.8 Å². The molecule has 4 nitrogen and oxygen atoms in total. The van der Waals surface area contributed by atoms with E-state index in [1.807, 2.05) is 4.90 Å². The van der Waals surface area contributed by atoms with Crippen molar-refractivity contribution in [3.05, 3.63) is 23.3 Å². The Morgan fingerprint density at radius 2 is 2.11 bits per heavy atom. The van der Waals surface area contributed by atoms with Crippen molar-refractivity contribution in [2.24, 2.45) is 5.84 Å². The molecule has 1 fully saturated rings. The Hall–Kier alpha value is -1.40. The van der Waals surface area contributed by atoms with Gasteiger partial charge >= 0.3 is 0 Å². The van der Waals surface area contributed by atoms with Gasteiger partial charge in [-0.1, -0.05) is 0 Å². The summed E-state index contributed by atoms with van der Waals surface area (Å²) in [7, 11) is 1.36. The Morgan fingerprint density at radius 3 is 2.72 bits per heavy atom. The molecule has 6 heteroatoms. The molecule has 0 radical (unpaired) electrons. The molecule has 1 aliphatic carbocycles. The topological polar surface area (TPSA) is 41.7 Å². The summed E-state index contributed by atoms with van der Waals surface area (Å²) in [5.41, 5.74) is 1.33. The molecule has 0 amide bonds. The maximum absolute atomic E-state index is 13.8. The molecule has 1 aromatic rings. The molecule has 0 atom stereocenters. The highest BCUT2D eigenvalue weighted by Gasteiger charge is 2.37. The van der Waals surface area contributed by atoms with E-state index in [1.165, 1.54) is 13.2 Å². The van der Waals surface area contributed by atoms with Crippen LogP contribution in [-0.4, -0.2) is 24.8 Å². The van der Waals surface area contributed by atoms with Crippen molar-refractivity contribution in [2.75, 3.05) is 18.7 Å². The van der Waals surface area contributed by atoms with Gasteiger partial charge in [-0.3, -0.25) is 5.84 Å². The highest BCUT2D eigenvalue weighted by Crippen LogP contribution is 2.43. The van der Waals surface area contributed by atoms with Gasteiger partial charge in [-0.2, -0.15) is 4.39 Å². The number of hydrogen-bond donors (Lipinski definition) is 1. The van der Waals surface area contributed by atoms with Crippen LogP contribution in [0.2, 0.25) is 0 Å². The van der Waals surface area contributed by atoms with Gasteiger partial charge in [-0.05, 0) is 24.5 Å². The zero-order chi connectivity index (χ0) is 12.9. The smallest absolute Gasteiger partial charge is 0.202 e. The van der Waals surface area contributed by atoms with Crippen LogP contribution in [0.25, 0.3) is 0 Å². The molecule has 2 N–H and O–H groups in total. The number of nitrogens with zero attached hydrogens (tertiary/aromatic N) is 2. The molecule has 0 spiro atoms. The highest BCUT2D eigenvalue weighted by atomic mass is 19.2. The molecule has 1 heterocycles. The number of methoxy groups -OCH3 is 1. The van der Waals surface area contributed by atoms with Crippen molar-refractivity contribution in [1.82, 2.24) is 5.01 Å². The Morgan fingerprint density at radius 1 is 1.39 bits per heavy atom. The largest absolute Gasteiger partial charge is 0.491 e. The SMILES string of the molecule is COc1c(F)c(F)cc2c1N(C1CC1)CN(N)C2. The number of halogens is 2. The third-order valence-electron chi connectivity index (χ3n) is 3.42. The maximum Gasteiger partial charge on any atom is 0.202 e. The summed E-state index contributed by atoms with van der Waals surface area (Å²) >= 11 is 0. The zero-order valence-corrected chi connectivity index (χ0v) is 10.1. The maximum atomic E-state index is 13.8. The van der Waals surface area contributed by atoms with Crippen LogP contribution in [0.4, 0.5) is 14.5 Å². The molecule has 0 unspecified atom stereocenters. The fourth-order valence-corrected chi connectivity index (χ4v) is 2.48. The number of nitrogens with two attached hydrogens (primary N) is 1. The molecule has 0 saturated heterocycles. The molecule has 2 aliphatic rings. The summed E-state index contributed by atoms with van der Waals surface area (Å²) in [6.07, 6.45) is 2.10. The number of anilines is 1. The van der Waals surface area contributed by atoms with E-state index < -0.39 is 11.6 Å². The van der Waals surface area contributed by atoms with Crippen LogP contribution >= 0.6 is 0 Å². The zero-order valence-electron chi connectivity index (χ0n) is 10.1. The third-order valence-corrected chi connectivity index (χ3v) is 3.42. The fraction of sp³-hybridized carbons (Fsp3) is 0.500. The monoisotopic (exact) mass is 255 g/mol. The van der Waals surface area contributed by atoms with Crippen molar-refractivity contribution in [3.63, 3.8) is 0 Å². The molecule has 18 heavy (non-hydrogen) atoms. The summed E-state index contributed by atoms with van der Waals surface area (Å²) in [4.78, 5) is 2.00. The minimum Gasteiger partial charge on any atom is -0.491 e. The quantitative estimate of drug-likeness (QED) is 0.815. The van der Waals surface area contributed by atoms with E-state index in [4.69, 9.17) is 10.6 Å². The van der Waals surface area contributed by atoms with E-state index in [-0.39, 0.29) is 5.75 Å². The predicted molar refractivity (Wildman–Crippen MR) is 63.0 cm³/mol. The van der Waals surface area contributed by atoms with Crippen LogP contribution in [0.15, 0.2) is 6.07 Å². The molecule has 3 rings (SSSR count). The number of benzene rings is 1. The molecular weight excluding hydrogens is 240 g/mol. The van der Waals surface area contributed by atoms with Gasteiger partial charge in [0.25, 0.3) is 0 Å². The van der Waals surface area contributed by atoms with Gasteiger partial charge in [0.05, 0.1) is 19.5 Å². The highest BCUT2D eigenvalue weighted by molar-refractivity contribution is 5.67. The first kappa shape index (κ1) is 11.7. The normalized spacial score (nSPS) is 19.9. The Kier molecular flexibility index (Phi) is 2.64. The van der Waals surface area contributed by atoms with Gasteiger partial charge in [-0.25, -0.2) is 9.40 Å². The van der Waals surface area contributed by atoms with E-state index in [1.54, 1.807) is 5.01 Å². The number of hydrogen-bond acceptors (Lipinski definition) is 4. The molecule has 0 bridgehead atoms. The lowest BCUT2D eigenvalue weighted by Gasteiger charge is -2.37. The van der Waals surface area contributed by atoms with Crippen LogP contribution < -0.4 is 15.5 Å². The minimum absolute atomic E-state index is 0.00926. The Labute approximate surface area is 104 Å². The first-order chi connectivity index (χ1) is 8.61. The van der Waals surface area contributed by atoms with Crippen molar-refractivity contribution in [1.29, 1.82) is 0 Å². The van der Waals surface area contributed by atoms with Gasteiger partial charge in [0.15, 0.2) is 11.6 Å². The van der Waals surface area contributed by atoms with Gasteiger partial charge in [-0.15, -0.1) is 0 Å². The Balaban J connectivity index is 2.15. The lowest BCUT2D eigenvalue weighted by Crippen LogP contribution is -2.47. The summed E-state index contributed by atoms with van der Waals surface area (Å²) in [6.45, 7) is 0.908. The van der Waals surface area contributed by atoms with Crippen molar-refractivity contribution < 1.29 is 13.5 Å². The standard InChI is InChI=1S/C12H15F2N3O/c1-18-12-10(14)9(13)4-7-5-16(15)6-17(11(7)12)8-2-3-8/h4,8H,2-3,5-6,15H2,1H3. The Bertz CT molecular complexity index is 491. The lowest BCUT2D eigenvalue weighted by molar-refractivity contribution is 0.253. The summed E-state index contributed by atoms with van der Waals surface area (Å²) < 4.78 is 32.3. The van der Waals surface area contributed by atoms with Crippen LogP contribution in [-0.2, 0) is 6.54 Å². The first-order valence-electron chi connectivity index (χ1n) is 5.93. The molecule has 1 saturated carbocycles. The second-order valence-corrected chi connectivity index (χ2v) is 4.80. The molecule has 1 aliphatic heterocycles. The average Bonchev–Trinajstić information content (AvgIpc) is 3.14. The summed E-state index contributed by atoms with van der Waals surface area (Å²) in [5.74, 6) is 3.99. The number of ether oxygens (including phenoxy) is 1. The van der Waals surface area contributed by atoms with Crippen LogP contribution in [0, 0.1) is 11.6 Å². The molecule has 1 aromatic carbocycles. The lowest BCUT2D eigenvalue weighted by atomic mass is 10.1. The van der Waals surface area contributed by atoms with Crippen molar-refractivity contribution >= 4 is 5.69 Å². The average molecular weight is 255 g/mol. The second-order valence-electron chi connectivity index (χ2n) is 4.80. The summed E-state index contributed by atoms with van der Waals surface area (Å²) in [6, 6.07) is 1.57. The second kappa shape index (κ2) is 4.07. The van der Waals surface area contributed by atoms with Crippen LogP contribution in [0.1, 0.15) is 18.4 Å². The minimum atomic E-state index is -0.924. The predicted octanol–water partition coefficient (Wildman–Crippen LogP) is 1.59. The van der Waals surface area contributed by atoms with Gasteiger partial charge in [0.2, 0.25) is 5.82 Å². The number of rotatable bonds is 2. The molecule has 0 aromatic heterocycles. The first-order valence-corrected chi connectivity index (χ1v) is 5.93. The molecule has 98 valence electrons. The third kappa shape index (κ3) is 1.72. The summed E-state index contributed by atoms with van der Waals surface area (Å²) in [5, 5.41) is 1.59. The van der Waals surface area contributed by atoms with Gasteiger partial charge in [0.1, 0.15) is 0 Å². The van der Waals surface area contributed by atoms with E-state index in [2.05, 4.69) is 0 Å². The van der Waals surface area contributed by atoms with Gasteiger partial charge < -0.3 is 9.64 Å². The fourth-order valence-electron chi connectivity index (χ4n) is 2.48. The van der Waals surface area contributed by atoms with Crippen LogP contribution in [0.5, 0.6) is 5.75 Å². The van der Waals surface area contributed by atoms with E-state index in [0.29, 0.717) is 30.5 Å². The molecular formula is C12H15F2N3O. The van der Waals surface area contributed by atoms with Crippen molar-refractivity contribution in [2.45, 2.75) is 25.4 Å². The number of fused-ring (bicyclic) bond motifs is 1. The van der Waals surface area contributed by atoms with E-state index in [9.17, 15) is 8.78 Å². The van der Waals surface area contributed by atoms with Crippen LogP contribution in [0.3, 0.4) is 0 Å².